The van der Waals surface area contributed by atoms with Crippen molar-refractivity contribution >= 4 is 11.0 Å². The molecule has 0 atom stereocenters. The van der Waals surface area contributed by atoms with Crippen molar-refractivity contribution in [1.29, 1.82) is 0 Å². The Kier molecular flexibility index (Phi) is 3.32. The third-order valence-corrected chi connectivity index (χ3v) is 2.97. The Morgan fingerprint density at radius 2 is 1.64 bits per heavy atom. The summed E-state index contributed by atoms with van der Waals surface area (Å²) < 4.78 is 40.1. The summed E-state index contributed by atoms with van der Waals surface area (Å²) in [6.45, 7) is 0. The third kappa shape index (κ3) is 3.08. The van der Waals surface area contributed by atoms with Crippen LogP contribution in [-0.2, 0) is 0 Å². The largest absolute Gasteiger partial charge is 0.573 e. The van der Waals surface area contributed by atoms with Crippen molar-refractivity contribution in [3.63, 3.8) is 0 Å². The van der Waals surface area contributed by atoms with Gasteiger partial charge >= 0.3 is 6.36 Å². The second kappa shape index (κ2) is 5.18. The van der Waals surface area contributed by atoms with Crippen LogP contribution in [0.4, 0.5) is 13.2 Å². The molecular formula is C15H9F3N2O2. The molecule has 3 aromatic rings. The number of alkyl halides is 3. The van der Waals surface area contributed by atoms with Crippen molar-refractivity contribution in [3.8, 4) is 17.0 Å². The molecule has 0 aliphatic heterocycles. The first-order valence-electron chi connectivity index (χ1n) is 6.27. The zero-order chi connectivity index (χ0) is 15.7. The molecule has 2 heterocycles. The minimum Gasteiger partial charge on any atom is -0.406 e. The van der Waals surface area contributed by atoms with Crippen molar-refractivity contribution in [2.75, 3.05) is 0 Å². The van der Waals surface area contributed by atoms with Crippen LogP contribution in [0.25, 0.3) is 22.3 Å². The van der Waals surface area contributed by atoms with Crippen LogP contribution in [-0.4, -0.2) is 16.3 Å². The van der Waals surface area contributed by atoms with Crippen LogP contribution in [0.1, 0.15) is 0 Å². The molecule has 0 saturated heterocycles. The lowest BCUT2D eigenvalue weighted by atomic mass is 10.1. The van der Waals surface area contributed by atoms with Gasteiger partial charge in [-0.05, 0) is 42.5 Å². The van der Waals surface area contributed by atoms with Crippen LogP contribution >= 0.6 is 0 Å². The molecule has 3 rings (SSSR count). The summed E-state index contributed by atoms with van der Waals surface area (Å²) in [4.78, 5) is 18.2. The number of benzene rings is 1. The summed E-state index contributed by atoms with van der Waals surface area (Å²) in [5.41, 5.74) is 1.29. The van der Waals surface area contributed by atoms with Crippen LogP contribution in [0.5, 0.6) is 5.75 Å². The first-order valence-corrected chi connectivity index (χ1v) is 6.27. The highest BCUT2D eigenvalue weighted by Crippen LogP contribution is 2.26. The van der Waals surface area contributed by atoms with E-state index in [9.17, 15) is 18.0 Å². The molecule has 0 fully saturated rings. The molecule has 22 heavy (non-hydrogen) atoms. The maximum Gasteiger partial charge on any atom is 0.573 e. The Morgan fingerprint density at radius 1 is 0.955 bits per heavy atom. The standard InChI is InChI=1S/C15H9F3N2O2/c16-15(17,18)22-11-5-1-9(2-6-11)12-7-3-10-4-8-13(21)20-14(10)19-12/h1-8H,(H,19,20,21). The number of halogens is 3. The molecule has 0 unspecified atom stereocenters. The quantitative estimate of drug-likeness (QED) is 0.788. The number of H-pyrrole nitrogens is 1. The maximum absolute atomic E-state index is 12.1. The summed E-state index contributed by atoms with van der Waals surface area (Å²) in [6, 6.07) is 11.9. The van der Waals surface area contributed by atoms with Gasteiger partial charge in [0, 0.05) is 17.0 Å². The van der Waals surface area contributed by atoms with E-state index in [4.69, 9.17) is 0 Å². The van der Waals surface area contributed by atoms with Gasteiger partial charge < -0.3 is 9.72 Å². The van der Waals surface area contributed by atoms with E-state index in [1.54, 1.807) is 18.2 Å². The lowest BCUT2D eigenvalue weighted by Crippen LogP contribution is -2.16. The normalized spacial score (nSPS) is 11.6. The second-order valence-electron chi connectivity index (χ2n) is 4.53. The first kappa shape index (κ1) is 14.1. The zero-order valence-electron chi connectivity index (χ0n) is 11.0. The topological polar surface area (TPSA) is 55.0 Å². The Bertz CT molecular complexity index is 870. The Balaban J connectivity index is 1.95. The van der Waals surface area contributed by atoms with Crippen molar-refractivity contribution in [2.24, 2.45) is 0 Å². The highest BCUT2D eigenvalue weighted by atomic mass is 19.4. The molecule has 0 spiro atoms. The number of hydrogen-bond acceptors (Lipinski definition) is 3. The molecule has 4 nitrogen and oxygen atoms in total. The van der Waals surface area contributed by atoms with Crippen molar-refractivity contribution in [2.45, 2.75) is 6.36 Å². The van der Waals surface area contributed by atoms with Gasteiger partial charge in [-0.1, -0.05) is 0 Å². The zero-order valence-corrected chi connectivity index (χ0v) is 11.0. The van der Waals surface area contributed by atoms with E-state index in [1.165, 1.54) is 30.3 Å². The smallest absolute Gasteiger partial charge is 0.406 e. The number of pyridine rings is 2. The van der Waals surface area contributed by atoms with E-state index in [1.807, 2.05) is 0 Å². The summed E-state index contributed by atoms with van der Waals surface area (Å²) in [5, 5.41) is 0.764. The molecular weight excluding hydrogens is 297 g/mol. The fourth-order valence-corrected chi connectivity index (χ4v) is 2.02. The number of fused-ring (bicyclic) bond motifs is 1. The van der Waals surface area contributed by atoms with Crippen LogP contribution in [0.2, 0.25) is 0 Å². The Labute approximate surface area is 122 Å². The molecule has 0 bridgehead atoms. The SMILES string of the molecule is O=c1ccc2ccc(-c3ccc(OC(F)(F)F)cc3)nc2[nH]1. The van der Waals surface area contributed by atoms with Crippen LogP contribution in [0.3, 0.4) is 0 Å². The fraction of sp³-hybridized carbons (Fsp3) is 0.0667. The highest BCUT2D eigenvalue weighted by molar-refractivity contribution is 5.78. The number of nitrogens with one attached hydrogen (secondary N) is 1. The summed E-state index contributed by atoms with van der Waals surface area (Å²) in [5.74, 6) is -0.301. The van der Waals surface area contributed by atoms with Crippen molar-refractivity contribution in [3.05, 3.63) is 58.9 Å². The fourth-order valence-electron chi connectivity index (χ4n) is 2.02. The Hall–Kier alpha value is -2.83. The van der Waals surface area contributed by atoms with E-state index < -0.39 is 6.36 Å². The van der Waals surface area contributed by atoms with Crippen molar-refractivity contribution < 1.29 is 17.9 Å². The second-order valence-corrected chi connectivity index (χ2v) is 4.53. The van der Waals surface area contributed by atoms with Gasteiger partial charge in [-0.2, -0.15) is 0 Å². The van der Waals surface area contributed by atoms with Crippen LogP contribution in [0, 0.1) is 0 Å². The summed E-state index contributed by atoms with van der Waals surface area (Å²) in [7, 11) is 0. The predicted octanol–water partition coefficient (Wildman–Crippen LogP) is 3.49. The van der Waals surface area contributed by atoms with E-state index in [0.29, 0.717) is 16.9 Å². The highest BCUT2D eigenvalue weighted by Gasteiger charge is 2.30. The van der Waals surface area contributed by atoms with E-state index in [2.05, 4.69) is 14.7 Å². The van der Waals surface area contributed by atoms with Crippen molar-refractivity contribution in [1.82, 2.24) is 9.97 Å². The van der Waals surface area contributed by atoms with Crippen LogP contribution < -0.4 is 10.3 Å². The minimum absolute atomic E-state index is 0.272. The van der Waals surface area contributed by atoms with Gasteiger partial charge in [0.2, 0.25) is 5.56 Å². The molecule has 0 aliphatic rings. The maximum atomic E-state index is 12.1. The monoisotopic (exact) mass is 306 g/mol. The molecule has 7 heteroatoms. The van der Waals surface area contributed by atoms with Gasteiger partial charge in [0.15, 0.2) is 0 Å². The number of hydrogen-bond donors (Lipinski definition) is 1. The Morgan fingerprint density at radius 3 is 2.32 bits per heavy atom. The third-order valence-electron chi connectivity index (χ3n) is 2.97. The minimum atomic E-state index is -4.72. The van der Waals surface area contributed by atoms with Crippen LogP contribution in [0.15, 0.2) is 53.3 Å². The van der Waals surface area contributed by atoms with Gasteiger partial charge in [-0.3, -0.25) is 4.79 Å². The molecule has 1 aromatic carbocycles. The molecule has 0 amide bonds. The van der Waals surface area contributed by atoms with E-state index in [-0.39, 0.29) is 11.3 Å². The average molecular weight is 306 g/mol. The summed E-state index contributed by atoms with van der Waals surface area (Å²) >= 11 is 0. The predicted molar refractivity (Wildman–Crippen MR) is 74.5 cm³/mol. The number of rotatable bonds is 2. The number of aromatic nitrogens is 2. The lowest BCUT2D eigenvalue weighted by molar-refractivity contribution is -0.274. The number of ether oxygens (including phenoxy) is 1. The van der Waals surface area contributed by atoms with Gasteiger partial charge in [0.1, 0.15) is 11.4 Å². The molecule has 2 aromatic heterocycles. The molecule has 0 radical (unpaired) electrons. The van der Waals surface area contributed by atoms with Gasteiger partial charge in [-0.25, -0.2) is 4.98 Å². The summed E-state index contributed by atoms with van der Waals surface area (Å²) in [6.07, 6.45) is -4.72. The molecule has 0 saturated carbocycles. The number of nitrogens with zero attached hydrogens (tertiary/aromatic N) is 1. The molecule has 112 valence electrons. The number of aromatic amines is 1. The first-order chi connectivity index (χ1) is 10.4. The van der Waals surface area contributed by atoms with E-state index in [0.717, 1.165) is 5.39 Å². The van der Waals surface area contributed by atoms with Gasteiger partial charge in [0.05, 0.1) is 5.69 Å². The van der Waals surface area contributed by atoms with E-state index >= 15 is 0 Å². The molecule has 1 N–H and O–H groups in total. The molecule has 0 aliphatic carbocycles. The van der Waals surface area contributed by atoms with Gasteiger partial charge in [-0.15, -0.1) is 13.2 Å². The van der Waals surface area contributed by atoms with Gasteiger partial charge in [0.25, 0.3) is 0 Å². The lowest BCUT2D eigenvalue weighted by Gasteiger charge is -2.09. The average Bonchev–Trinajstić information content (AvgIpc) is 2.45.